The van der Waals surface area contributed by atoms with Crippen molar-refractivity contribution in [3.05, 3.63) is 78.9 Å². The van der Waals surface area contributed by atoms with Crippen molar-refractivity contribution in [2.24, 2.45) is 0 Å². The molecule has 0 saturated carbocycles. The van der Waals surface area contributed by atoms with Crippen LogP contribution in [0, 0.1) is 5.95 Å². The van der Waals surface area contributed by atoms with Crippen molar-refractivity contribution in [2.75, 3.05) is 36.2 Å². The van der Waals surface area contributed by atoms with E-state index in [-0.39, 0.29) is 25.2 Å². The van der Waals surface area contributed by atoms with Gasteiger partial charge in [-0.05, 0) is 35.9 Å². The van der Waals surface area contributed by atoms with E-state index in [1.165, 1.54) is 6.07 Å². The van der Waals surface area contributed by atoms with Crippen LogP contribution >= 0.6 is 0 Å². The summed E-state index contributed by atoms with van der Waals surface area (Å²) in [4.78, 5) is 34.4. The number of piperazine rings is 1. The third-order valence-electron chi connectivity index (χ3n) is 6.51. The van der Waals surface area contributed by atoms with Crippen LogP contribution in [-0.4, -0.2) is 62.9 Å². The summed E-state index contributed by atoms with van der Waals surface area (Å²) in [7, 11) is 0. The van der Waals surface area contributed by atoms with Crippen LogP contribution in [0.2, 0.25) is 0 Å². The Balaban J connectivity index is 1.20. The highest BCUT2D eigenvalue weighted by Crippen LogP contribution is 2.32. The molecule has 4 aromatic rings. The minimum Gasteiger partial charge on any atom is -0.454 e. The molecule has 3 aromatic heterocycles. The number of carbonyl (C=O) groups is 1. The first-order chi connectivity index (χ1) is 18.6. The van der Waals surface area contributed by atoms with Gasteiger partial charge in [0.05, 0.1) is 6.04 Å². The summed E-state index contributed by atoms with van der Waals surface area (Å²) in [6.45, 7) is 2.19. The van der Waals surface area contributed by atoms with Gasteiger partial charge in [-0.2, -0.15) is 9.37 Å². The second-order valence-electron chi connectivity index (χ2n) is 8.97. The van der Waals surface area contributed by atoms with Crippen molar-refractivity contribution in [3.8, 4) is 17.4 Å². The lowest BCUT2D eigenvalue weighted by Crippen LogP contribution is -2.55. The minimum atomic E-state index is -0.538. The molecule has 1 atom stereocenters. The molecule has 1 saturated heterocycles. The van der Waals surface area contributed by atoms with Gasteiger partial charge in [0.2, 0.25) is 24.6 Å². The fourth-order valence-corrected chi connectivity index (χ4v) is 4.65. The second kappa shape index (κ2) is 10.3. The monoisotopic (exact) mass is 516 g/mol. The van der Waals surface area contributed by atoms with E-state index >= 15 is 0 Å². The van der Waals surface area contributed by atoms with Crippen molar-refractivity contribution in [1.29, 1.82) is 0 Å². The number of hydrogen-bond acceptors (Lipinski definition) is 9. The Kier molecular flexibility index (Phi) is 6.42. The predicted octanol–water partition coefficient (Wildman–Crippen LogP) is 2.33. The smallest absolute Gasteiger partial charge is 0.236 e. The molecule has 0 spiro atoms. The van der Waals surface area contributed by atoms with Gasteiger partial charge in [-0.3, -0.25) is 9.36 Å². The first-order valence-electron chi connectivity index (χ1n) is 12.2. The maximum atomic E-state index is 13.8. The number of amides is 1. The number of nitrogens with zero attached hydrogens (tertiary/aromatic N) is 7. The van der Waals surface area contributed by atoms with E-state index < -0.39 is 5.95 Å². The molecule has 0 radical (unpaired) electrons. The molecule has 6 rings (SSSR count). The molecule has 11 nitrogen and oxygen atoms in total. The van der Waals surface area contributed by atoms with E-state index in [1.807, 2.05) is 29.2 Å². The molecule has 2 aliphatic heterocycles. The van der Waals surface area contributed by atoms with Gasteiger partial charge in [-0.25, -0.2) is 15.0 Å². The van der Waals surface area contributed by atoms with Crippen LogP contribution in [-0.2, 0) is 11.3 Å². The lowest BCUT2D eigenvalue weighted by atomic mass is 10.1. The van der Waals surface area contributed by atoms with Gasteiger partial charge < -0.3 is 24.6 Å². The van der Waals surface area contributed by atoms with Crippen LogP contribution in [0.4, 0.5) is 16.0 Å². The van der Waals surface area contributed by atoms with Gasteiger partial charge in [-0.15, -0.1) is 0 Å². The lowest BCUT2D eigenvalue weighted by molar-refractivity contribution is -0.121. The maximum Gasteiger partial charge on any atom is 0.236 e. The second-order valence-corrected chi connectivity index (χ2v) is 8.97. The summed E-state index contributed by atoms with van der Waals surface area (Å²) >= 11 is 0. The molecule has 5 heterocycles. The zero-order valence-electron chi connectivity index (χ0n) is 20.4. The van der Waals surface area contributed by atoms with E-state index in [0.717, 1.165) is 5.56 Å². The molecule has 1 aromatic carbocycles. The number of anilines is 2. The number of benzene rings is 1. The van der Waals surface area contributed by atoms with Crippen LogP contribution in [0.15, 0.2) is 67.4 Å². The van der Waals surface area contributed by atoms with E-state index in [9.17, 15) is 9.18 Å². The van der Waals surface area contributed by atoms with Crippen molar-refractivity contribution < 1.29 is 18.7 Å². The first kappa shape index (κ1) is 23.6. The Morgan fingerprint density at radius 2 is 1.97 bits per heavy atom. The van der Waals surface area contributed by atoms with Crippen LogP contribution in [0.1, 0.15) is 12.0 Å². The quantitative estimate of drug-likeness (QED) is 0.370. The molecule has 194 valence electrons. The van der Waals surface area contributed by atoms with Gasteiger partial charge in [0.1, 0.15) is 18.0 Å². The summed E-state index contributed by atoms with van der Waals surface area (Å²) in [6.07, 6.45) is 6.96. The largest absolute Gasteiger partial charge is 0.454 e. The number of halogens is 1. The number of rotatable bonds is 7. The third kappa shape index (κ3) is 5.05. The summed E-state index contributed by atoms with van der Waals surface area (Å²) in [5.41, 5.74) is 0.912. The molecular weight excluding hydrogens is 491 g/mol. The molecule has 1 unspecified atom stereocenters. The summed E-state index contributed by atoms with van der Waals surface area (Å²) in [5, 5.41) is 3.01. The van der Waals surface area contributed by atoms with Gasteiger partial charge >= 0.3 is 0 Å². The zero-order chi connectivity index (χ0) is 25.9. The number of imidazole rings is 1. The molecule has 2 aliphatic rings. The minimum absolute atomic E-state index is 0.115. The van der Waals surface area contributed by atoms with Gasteiger partial charge in [0.15, 0.2) is 11.5 Å². The fraction of sp³-hybridized carbons (Fsp3) is 0.269. The van der Waals surface area contributed by atoms with Gasteiger partial charge in [0, 0.05) is 51.2 Å². The van der Waals surface area contributed by atoms with Crippen molar-refractivity contribution >= 4 is 17.5 Å². The number of nitrogens with one attached hydrogen (secondary N) is 1. The highest BCUT2D eigenvalue weighted by Gasteiger charge is 2.31. The Labute approximate surface area is 217 Å². The Hall–Kier alpha value is -4.74. The molecule has 38 heavy (non-hydrogen) atoms. The lowest BCUT2D eigenvalue weighted by Gasteiger charge is -2.42. The standard InChI is InChI=1S/C26H25FN8O3/c27-22-2-1-3-23(31-22)33-10-11-35(24-6-7-29-26(32-24)34-9-8-28-16-34)19(15-33)13-25(36)30-14-18-4-5-20-21(12-18)38-17-37-20/h1-9,12,16,19H,10-11,13-15,17H2,(H,30,36). The zero-order valence-corrected chi connectivity index (χ0v) is 20.4. The highest BCUT2D eigenvalue weighted by molar-refractivity contribution is 5.77. The number of aromatic nitrogens is 5. The summed E-state index contributed by atoms with van der Waals surface area (Å²) in [6, 6.07) is 11.9. The van der Waals surface area contributed by atoms with E-state index in [1.54, 1.807) is 41.6 Å². The van der Waals surface area contributed by atoms with Crippen LogP contribution < -0.4 is 24.6 Å². The molecular formula is C26H25FN8O3. The van der Waals surface area contributed by atoms with Gasteiger partial charge in [-0.1, -0.05) is 12.1 Å². The molecule has 1 N–H and O–H groups in total. The van der Waals surface area contributed by atoms with Crippen LogP contribution in [0.25, 0.3) is 5.95 Å². The van der Waals surface area contributed by atoms with Crippen molar-refractivity contribution in [2.45, 2.75) is 19.0 Å². The van der Waals surface area contributed by atoms with Crippen molar-refractivity contribution in [3.63, 3.8) is 0 Å². The summed E-state index contributed by atoms with van der Waals surface area (Å²) in [5.74, 6) is 2.44. The normalized spacial score (nSPS) is 16.5. The van der Waals surface area contributed by atoms with Crippen molar-refractivity contribution in [1.82, 2.24) is 29.8 Å². The SMILES string of the molecule is O=C(CC1CN(c2cccc(F)n2)CCN1c1ccnc(-n2ccnc2)n1)NCc1ccc2c(c1)OCO2. The summed E-state index contributed by atoms with van der Waals surface area (Å²) < 4.78 is 26.4. The number of ether oxygens (including phenoxy) is 2. The van der Waals surface area contributed by atoms with Crippen LogP contribution in [0.5, 0.6) is 11.5 Å². The molecule has 0 aliphatic carbocycles. The van der Waals surface area contributed by atoms with E-state index in [0.29, 0.717) is 55.3 Å². The Morgan fingerprint density at radius 3 is 2.84 bits per heavy atom. The maximum absolute atomic E-state index is 13.8. The fourth-order valence-electron chi connectivity index (χ4n) is 4.65. The molecule has 0 bridgehead atoms. The Morgan fingerprint density at radius 1 is 1.05 bits per heavy atom. The number of hydrogen-bond donors (Lipinski definition) is 1. The highest BCUT2D eigenvalue weighted by atomic mass is 19.1. The number of carbonyl (C=O) groups excluding carboxylic acids is 1. The molecule has 12 heteroatoms. The topological polar surface area (TPSA) is 111 Å². The van der Waals surface area contributed by atoms with Gasteiger partial charge in [0.25, 0.3) is 0 Å². The number of pyridine rings is 1. The van der Waals surface area contributed by atoms with Crippen LogP contribution in [0.3, 0.4) is 0 Å². The van der Waals surface area contributed by atoms with E-state index in [2.05, 4.69) is 25.2 Å². The third-order valence-corrected chi connectivity index (χ3v) is 6.51. The average molecular weight is 517 g/mol. The number of fused-ring (bicyclic) bond motifs is 1. The molecule has 1 amide bonds. The average Bonchev–Trinajstić information content (AvgIpc) is 3.64. The molecule has 1 fully saturated rings. The predicted molar refractivity (Wildman–Crippen MR) is 136 cm³/mol. The van der Waals surface area contributed by atoms with E-state index in [4.69, 9.17) is 14.5 Å². The Bertz CT molecular complexity index is 1430. The first-order valence-corrected chi connectivity index (χ1v) is 12.2.